The molecule has 0 radical (unpaired) electrons. The van der Waals surface area contributed by atoms with Crippen LogP contribution in [0.3, 0.4) is 0 Å². The lowest BCUT2D eigenvalue weighted by Gasteiger charge is -2.40. The SMILES string of the molecule is CCOC(=O)C1=C(CN2[C@@H]3C[C@H](CC(=O)O)C[C@H]2C(F)(F)C3)NC(c2nccs2)=N[C@H]1c1cccc(F)c1Cl. The number of hydrogen-bond donors (Lipinski definition) is 2. The van der Waals surface area contributed by atoms with E-state index in [0.717, 1.165) is 0 Å². The molecule has 39 heavy (non-hydrogen) atoms. The molecule has 4 atom stereocenters. The lowest BCUT2D eigenvalue weighted by Crippen LogP contribution is -2.50. The van der Waals surface area contributed by atoms with Crippen LogP contribution in [0.5, 0.6) is 0 Å². The molecule has 3 aliphatic rings. The van der Waals surface area contributed by atoms with Crippen molar-refractivity contribution in [3.63, 3.8) is 0 Å². The zero-order chi connectivity index (χ0) is 27.9. The molecular formula is C26H26ClF3N4O4S. The molecule has 2 bridgehead atoms. The lowest BCUT2D eigenvalue weighted by atomic mass is 9.87. The molecule has 13 heteroatoms. The maximum atomic E-state index is 15.1. The zero-order valence-electron chi connectivity index (χ0n) is 20.9. The molecule has 2 aromatic rings. The highest BCUT2D eigenvalue weighted by molar-refractivity contribution is 7.11. The van der Waals surface area contributed by atoms with Crippen molar-refractivity contribution < 1.29 is 32.6 Å². The summed E-state index contributed by atoms with van der Waals surface area (Å²) in [4.78, 5) is 35.2. The van der Waals surface area contributed by atoms with Crippen molar-refractivity contribution in [1.29, 1.82) is 0 Å². The monoisotopic (exact) mass is 582 g/mol. The molecule has 0 unspecified atom stereocenters. The zero-order valence-corrected chi connectivity index (χ0v) is 22.4. The Kier molecular flexibility index (Phi) is 7.71. The van der Waals surface area contributed by atoms with Gasteiger partial charge in [-0.05, 0) is 31.7 Å². The smallest absolute Gasteiger partial charge is 0.338 e. The molecule has 4 heterocycles. The molecule has 1 aromatic heterocycles. The average Bonchev–Trinajstić information content (AvgIpc) is 3.45. The number of thiazole rings is 1. The molecule has 0 amide bonds. The number of carbonyl (C=O) groups excluding carboxylic acids is 1. The number of carbonyl (C=O) groups is 2. The van der Waals surface area contributed by atoms with Crippen molar-refractivity contribution in [2.24, 2.45) is 10.9 Å². The van der Waals surface area contributed by atoms with Crippen LogP contribution in [-0.2, 0) is 14.3 Å². The number of benzene rings is 1. The Morgan fingerprint density at radius 3 is 2.79 bits per heavy atom. The maximum Gasteiger partial charge on any atom is 0.338 e. The third kappa shape index (κ3) is 5.42. The third-order valence-electron chi connectivity index (χ3n) is 7.36. The number of hydrogen-bond acceptors (Lipinski definition) is 8. The van der Waals surface area contributed by atoms with Crippen LogP contribution in [-0.4, -0.2) is 63.9 Å². The van der Waals surface area contributed by atoms with Crippen molar-refractivity contribution in [2.45, 2.75) is 56.7 Å². The number of halogens is 4. The lowest BCUT2D eigenvalue weighted by molar-refractivity contribution is -0.140. The van der Waals surface area contributed by atoms with Crippen LogP contribution >= 0.6 is 22.9 Å². The Morgan fingerprint density at radius 2 is 2.13 bits per heavy atom. The second-order valence-electron chi connectivity index (χ2n) is 9.84. The van der Waals surface area contributed by atoms with Crippen LogP contribution in [0, 0.1) is 11.7 Å². The standard InChI is InChI=1S/C26H26ClF3N4O4S/c1-2-38-25(37)20-17(12-34-14-8-13(10-19(35)36)9-18(34)26(29,30)11-14)32-23(24-31-6-7-39-24)33-22(20)15-4-3-5-16(28)21(15)27/h3-7,13-14,18,22H,2,8-12H2,1H3,(H,32,33)(H,35,36)/t13-,14+,18-,22-/m0/s1. The van der Waals surface area contributed by atoms with E-state index in [4.69, 9.17) is 16.3 Å². The number of carboxylic acid groups (broad SMARTS) is 1. The van der Waals surface area contributed by atoms with Crippen LogP contribution < -0.4 is 5.32 Å². The molecule has 3 aliphatic heterocycles. The van der Waals surface area contributed by atoms with Crippen LogP contribution in [0.4, 0.5) is 13.2 Å². The number of amidine groups is 1. The second-order valence-corrected chi connectivity index (χ2v) is 11.1. The first-order valence-electron chi connectivity index (χ1n) is 12.5. The Balaban J connectivity index is 1.58. The molecule has 0 aliphatic carbocycles. The fourth-order valence-corrected chi connectivity index (χ4v) is 6.62. The number of nitrogens with one attached hydrogen (secondary N) is 1. The highest BCUT2D eigenvalue weighted by Gasteiger charge is 2.57. The van der Waals surface area contributed by atoms with Gasteiger partial charge in [0.15, 0.2) is 10.8 Å². The van der Waals surface area contributed by atoms with Crippen molar-refractivity contribution in [3.8, 4) is 0 Å². The van der Waals surface area contributed by atoms with Crippen LogP contribution in [0.1, 0.15) is 49.2 Å². The van der Waals surface area contributed by atoms with Gasteiger partial charge in [-0.1, -0.05) is 23.7 Å². The van der Waals surface area contributed by atoms with Crippen LogP contribution in [0.25, 0.3) is 0 Å². The summed E-state index contributed by atoms with van der Waals surface area (Å²) in [6.07, 6.45) is 1.32. The van der Waals surface area contributed by atoms with Crippen LogP contribution in [0.2, 0.25) is 5.02 Å². The van der Waals surface area contributed by atoms with E-state index in [1.54, 1.807) is 29.5 Å². The third-order valence-corrected chi connectivity index (χ3v) is 8.54. The number of esters is 1. The fourth-order valence-electron chi connectivity index (χ4n) is 5.80. The number of carboxylic acids is 1. The summed E-state index contributed by atoms with van der Waals surface area (Å²) < 4.78 is 50.1. The number of aliphatic imine (C=N–C) groups is 1. The largest absolute Gasteiger partial charge is 0.481 e. The summed E-state index contributed by atoms with van der Waals surface area (Å²) in [5, 5.41) is 14.4. The summed E-state index contributed by atoms with van der Waals surface area (Å²) in [6.45, 7) is 1.61. The van der Waals surface area contributed by atoms with E-state index in [1.807, 2.05) is 0 Å². The van der Waals surface area contributed by atoms with E-state index in [9.17, 15) is 19.1 Å². The molecule has 2 fully saturated rings. The number of rotatable bonds is 8. The predicted octanol–water partition coefficient (Wildman–Crippen LogP) is 4.81. The molecule has 2 N–H and O–H groups in total. The first-order valence-corrected chi connectivity index (χ1v) is 13.8. The quantitative estimate of drug-likeness (QED) is 0.431. The van der Waals surface area contributed by atoms with Crippen molar-refractivity contribution in [2.75, 3.05) is 13.2 Å². The molecule has 208 valence electrons. The number of aromatic nitrogens is 1. The van der Waals surface area contributed by atoms with E-state index in [2.05, 4.69) is 15.3 Å². The number of alkyl halides is 2. The maximum absolute atomic E-state index is 15.1. The molecule has 5 rings (SSSR count). The number of ether oxygens (including phenoxy) is 1. The number of nitrogens with zero attached hydrogens (tertiary/aromatic N) is 3. The fraction of sp³-hybridized carbons (Fsp3) is 0.462. The van der Waals surface area contributed by atoms with Gasteiger partial charge in [0.25, 0.3) is 5.92 Å². The average molecular weight is 583 g/mol. The minimum atomic E-state index is -3.02. The summed E-state index contributed by atoms with van der Waals surface area (Å²) in [7, 11) is 0. The molecule has 0 saturated carbocycles. The normalized spacial score (nSPS) is 26.2. The molecule has 1 aromatic carbocycles. The van der Waals surface area contributed by atoms with Crippen molar-refractivity contribution in [1.82, 2.24) is 15.2 Å². The van der Waals surface area contributed by atoms with Gasteiger partial charge in [-0.3, -0.25) is 14.7 Å². The van der Waals surface area contributed by atoms with Gasteiger partial charge < -0.3 is 15.2 Å². The summed E-state index contributed by atoms with van der Waals surface area (Å²) in [6, 6.07) is 1.33. The number of aliphatic carboxylic acids is 1. The molecule has 2 saturated heterocycles. The Morgan fingerprint density at radius 1 is 1.33 bits per heavy atom. The molecular weight excluding hydrogens is 557 g/mol. The van der Waals surface area contributed by atoms with Gasteiger partial charge in [0.2, 0.25) is 0 Å². The first kappa shape index (κ1) is 27.6. The van der Waals surface area contributed by atoms with Crippen molar-refractivity contribution in [3.05, 3.63) is 62.5 Å². The summed E-state index contributed by atoms with van der Waals surface area (Å²) in [5.41, 5.74) is 0.546. The highest BCUT2D eigenvalue weighted by atomic mass is 35.5. The number of fused-ring (bicyclic) bond motifs is 2. The van der Waals surface area contributed by atoms with Gasteiger partial charge in [0.05, 0.1) is 23.2 Å². The van der Waals surface area contributed by atoms with E-state index in [0.29, 0.717) is 17.3 Å². The van der Waals surface area contributed by atoms with E-state index >= 15 is 8.78 Å². The molecule has 8 nitrogen and oxygen atoms in total. The summed E-state index contributed by atoms with van der Waals surface area (Å²) in [5.74, 6) is -5.54. The van der Waals surface area contributed by atoms with E-state index in [-0.39, 0.29) is 53.8 Å². The highest BCUT2D eigenvalue weighted by Crippen LogP contribution is 2.49. The summed E-state index contributed by atoms with van der Waals surface area (Å²) >= 11 is 7.61. The minimum absolute atomic E-state index is 0.0183. The minimum Gasteiger partial charge on any atom is -0.481 e. The Labute approximate surface area is 231 Å². The van der Waals surface area contributed by atoms with Gasteiger partial charge in [-0.2, -0.15) is 0 Å². The van der Waals surface area contributed by atoms with Crippen LogP contribution in [0.15, 0.2) is 46.0 Å². The van der Waals surface area contributed by atoms with E-state index in [1.165, 1.54) is 23.5 Å². The van der Waals surface area contributed by atoms with Gasteiger partial charge in [0.1, 0.15) is 11.9 Å². The van der Waals surface area contributed by atoms with Gasteiger partial charge in [-0.15, -0.1) is 11.3 Å². The van der Waals surface area contributed by atoms with Gasteiger partial charge >= 0.3 is 11.9 Å². The second kappa shape index (κ2) is 10.9. The number of piperidine rings is 1. The topological polar surface area (TPSA) is 104 Å². The first-order chi connectivity index (χ1) is 18.6. The van der Waals surface area contributed by atoms with Gasteiger partial charge in [0, 0.05) is 48.3 Å². The Hall–Kier alpha value is -2.96. The predicted molar refractivity (Wildman–Crippen MR) is 138 cm³/mol. The van der Waals surface area contributed by atoms with Crippen molar-refractivity contribution >= 4 is 40.7 Å². The van der Waals surface area contributed by atoms with Gasteiger partial charge in [-0.25, -0.2) is 22.9 Å². The van der Waals surface area contributed by atoms with E-state index < -0.39 is 48.2 Å². The Bertz CT molecular complexity index is 1340. The molecule has 0 spiro atoms.